The summed E-state index contributed by atoms with van der Waals surface area (Å²) in [5.41, 5.74) is 1.38. The van der Waals surface area contributed by atoms with E-state index in [9.17, 15) is 18.0 Å². The van der Waals surface area contributed by atoms with E-state index in [-0.39, 0.29) is 11.5 Å². The third-order valence-corrected chi connectivity index (χ3v) is 6.94. The van der Waals surface area contributed by atoms with E-state index in [1.54, 1.807) is 12.3 Å². The van der Waals surface area contributed by atoms with Gasteiger partial charge in [-0.15, -0.1) is 0 Å². The van der Waals surface area contributed by atoms with Crippen molar-refractivity contribution < 1.29 is 22.7 Å². The lowest BCUT2D eigenvalue weighted by atomic mass is 9.87. The Kier molecular flexibility index (Phi) is 6.16. The molecular formula is C25H28F3N5O2. The molecule has 1 saturated heterocycles. The Hall–Kier alpha value is -3.14. The summed E-state index contributed by atoms with van der Waals surface area (Å²) in [6, 6.07) is 3.60. The van der Waals surface area contributed by atoms with Crippen molar-refractivity contribution in [3.63, 3.8) is 0 Å². The number of rotatable bonds is 5. The van der Waals surface area contributed by atoms with E-state index in [2.05, 4.69) is 10.1 Å². The Labute approximate surface area is 201 Å². The van der Waals surface area contributed by atoms with Gasteiger partial charge in [0.2, 0.25) is 0 Å². The van der Waals surface area contributed by atoms with Crippen LogP contribution in [0.25, 0.3) is 11.1 Å². The van der Waals surface area contributed by atoms with Crippen molar-refractivity contribution in [3.8, 4) is 11.1 Å². The summed E-state index contributed by atoms with van der Waals surface area (Å²) in [7, 11) is 1.48. The molecule has 5 rings (SSSR count). The summed E-state index contributed by atoms with van der Waals surface area (Å²) < 4.78 is 50.1. The normalized spacial score (nSPS) is 17.2. The molecule has 1 amide bonds. The van der Waals surface area contributed by atoms with Crippen LogP contribution in [0.5, 0.6) is 0 Å². The molecule has 0 N–H and O–H groups in total. The van der Waals surface area contributed by atoms with Crippen molar-refractivity contribution in [2.75, 3.05) is 26.3 Å². The molecule has 0 aliphatic carbocycles. The van der Waals surface area contributed by atoms with E-state index in [1.165, 1.54) is 17.9 Å². The third-order valence-electron chi connectivity index (χ3n) is 6.94. The smallest absolute Gasteiger partial charge is 0.381 e. The lowest BCUT2D eigenvalue weighted by Gasteiger charge is -2.34. The highest BCUT2D eigenvalue weighted by molar-refractivity contribution is 5.99. The monoisotopic (exact) mass is 487 g/mol. The topological polar surface area (TPSA) is 65.2 Å². The van der Waals surface area contributed by atoms with E-state index in [0.717, 1.165) is 24.2 Å². The van der Waals surface area contributed by atoms with Gasteiger partial charge in [-0.25, -0.2) is 4.98 Å². The van der Waals surface area contributed by atoms with Crippen LogP contribution in [-0.2, 0) is 30.9 Å². The molecule has 0 atom stereocenters. The Morgan fingerprint density at radius 1 is 1.14 bits per heavy atom. The molecule has 7 nitrogen and oxygen atoms in total. The van der Waals surface area contributed by atoms with Gasteiger partial charge in [-0.05, 0) is 60.9 Å². The van der Waals surface area contributed by atoms with Gasteiger partial charge in [0.05, 0.1) is 0 Å². The number of imidazole rings is 1. The summed E-state index contributed by atoms with van der Waals surface area (Å²) in [4.78, 5) is 19.7. The molecule has 0 saturated carbocycles. The maximum absolute atomic E-state index is 13.9. The average Bonchev–Trinajstić information content (AvgIpc) is 3.41. The van der Waals surface area contributed by atoms with Crippen LogP contribution >= 0.6 is 0 Å². The first-order valence-corrected chi connectivity index (χ1v) is 11.8. The molecule has 4 heterocycles. The van der Waals surface area contributed by atoms with Gasteiger partial charge in [-0.2, -0.15) is 18.3 Å². The fourth-order valence-corrected chi connectivity index (χ4v) is 5.12. The van der Waals surface area contributed by atoms with Crippen LogP contribution < -0.4 is 0 Å². The number of nitrogens with zero attached hydrogens (tertiary/aromatic N) is 5. The molecule has 2 aliphatic rings. The molecule has 0 bridgehead atoms. The number of fused-ring (bicyclic) bond motifs is 1. The van der Waals surface area contributed by atoms with Crippen LogP contribution in [0, 0.1) is 12.8 Å². The second-order valence-corrected chi connectivity index (χ2v) is 9.39. The Bertz CT molecular complexity index is 1240. The van der Waals surface area contributed by atoms with Crippen molar-refractivity contribution in [1.82, 2.24) is 24.2 Å². The number of ether oxygens (including phenoxy) is 1. The van der Waals surface area contributed by atoms with Crippen molar-refractivity contribution >= 4 is 5.91 Å². The van der Waals surface area contributed by atoms with Crippen molar-refractivity contribution in [1.29, 1.82) is 0 Å². The standard InChI is InChI=1S/C25H28F3N5O2/c1-16-29-6-8-32(16)14-18-11-20(22-15-31(2)30-23(22)25(26,27)28)19-3-7-33(24(34)21(19)12-18)13-17-4-9-35-10-5-17/h6,8,11-12,15,17H,3-5,7,9-10,13-14H2,1-2H3. The van der Waals surface area contributed by atoms with Crippen LogP contribution in [0.3, 0.4) is 0 Å². The molecule has 0 spiro atoms. The van der Waals surface area contributed by atoms with Crippen molar-refractivity contribution in [3.05, 3.63) is 58.9 Å². The minimum atomic E-state index is -4.60. The van der Waals surface area contributed by atoms with E-state index in [0.29, 0.717) is 61.9 Å². The largest absolute Gasteiger partial charge is 0.435 e. The molecule has 1 fully saturated rings. The number of alkyl halides is 3. The molecule has 0 radical (unpaired) electrons. The highest BCUT2D eigenvalue weighted by Crippen LogP contribution is 2.40. The SMILES string of the molecule is Cc1nccn1Cc1cc2c(c(-c3cn(C)nc3C(F)(F)F)c1)CCN(CC1CCOCC1)C2=O. The minimum Gasteiger partial charge on any atom is -0.381 e. The van der Waals surface area contributed by atoms with Gasteiger partial charge in [0.15, 0.2) is 5.69 Å². The average molecular weight is 488 g/mol. The number of aromatic nitrogens is 4. The van der Waals surface area contributed by atoms with Gasteiger partial charge >= 0.3 is 6.18 Å². The summed E-state index contributed by atoms with van der Waals surface area (Å²) in [5.74, 6) is 1.04. The van der Waals surface area contributed by atoms with E-state index in [4.69, 9.17) is 4.74 Å². The predicted octanol–water partition coefficient (Wildman–Crippen LogP) is 4.08. The summed E-state index contributed by atoms with van der Waals surface area (Å²) in [6.07, 6.45) is 2.60. The van der Waals surface area contributed by atoms with Gasteiger partial charge in [0.25, 0.3) is 5.91 Å². The van der Waals surface area contributed by atoms with E-state index < -0.39 is 11.9 Å². The first kappa shape index (κ1) is 23.6. The van der Waals surface area contributed by atoms with E-state index in [1.807, 2.05) is 28.7 Å². The highest BCUT2D eigenvalue weighted by atomic mass is 19.4. The van der Waals surface area contributed by atoms with Crippen LogP contribution in [0.15, 0.2) is 30.7 Å². The highest BCUT2D eigenvalue weighted by Gasteiger charge is 2.39. The van der Waals surface area contributed by atoms with Gasteiger partial charge in [-0.3, -0.25) is 9.48 Å². The van der Waals surface area contributed by atoms with Crippen LogP contribution in [0.1, 0.15) is 45.8 Å². The molecule has 10 heteroatoms. The molecule has 2 aromatic heterocycles. The maximum Gasteiger partial charge on any atom is 0.435 e. The number of carbonyl (C=O) groups is 1. The summed E-state index contributed by atoms with van der Waals surface area (Å²) >= 11 is 0. The zero-order chi connectivity index (χ0) is 24.7. The molecule has 35 heavy (non-hydrogen) atoms. The number of hydrogen-bond donors (Lipinski definition) is 0. The number of amides is 1. The number of hydrogen-bond acceptors (Lipinski definition) is 4. The molecule has 3 aromatic rings. The van der Waals surface area contributed by atoms with Crippen LogP contribution in [0.4, 0.5) is 13.2 Å². The molecule has 0 unspecified atom stereocenters. The number of halogens is 3. The first-order valence-electron chi connectivity index (χ1n) is 11.8. The quantitative estimate of drug-likeness (QED) is 0.544. The van der Waals surface area contributed by atoms with Gasteiger partial charge in [0.1, 0.15) is 5.82 Å². The summed E-state index contributed by atoms with van der Waals surface area (Å²) in [5, 5.41) is 3.71. The Balaban J connectivity index is 1.58. The van der Waals surface area contributed by atoms with Crippen molar-refractivity contribution in [2.45, 2.75) is 38.9 Å². The Morgan fingerprint density at radius 2 is 1.89 bits per heavy atom. The second kappa shape index (κ2) is 9.14. The Morgan fingerprint density at radius 3 is 2.57 bits per heavy atom. The van der Waals surface area contributed by atoms with Gasteiger partial charge in [-0.1, -0.05) is 0 Å². The predicted molar refractivity (Wildman–Crippen MR) is 123 cm³/mol. The minimum absolute atomic E-state index is 0.00568. The fraction of sp³-hybridized carbons (Fsp3) is 0.480. The van der Waals surface area contributed by atoms with Crippen molar-refractivity contribution in [2.24, 2.45) is 13.0 Å². The molecule has 1 aromatic carbocycles. The summed E-state index contributed by atoms with van der Waals surface area (Å²) in [6.45, 7) is 4.79. The van der Waals surface area contributed by atoms with Crippen LogP contribution in [0.2, 0.25) is 0 Å². The van der Waals surface area contributed by atoms with Gasteiger partial charge in [0, 0.05) is 69.6 Å². The fourth-order valence-electron chi connectivity index (χ4n) is 5.12. The second-order valence-electron chi connectivity index (χ2n) is 9.39. The first-order chi connectivity index (χ1) is 16.7. The lowest BCUT2D eigenvalue weighted by molar-refractivity contribution is -0.140. The zero-order valence-corrected chi connectivity index (χ0v) is 19.8. The maximum atomic E-state index is 13.9. The number of carbonyl (C=O) groups excluding carboxylic acids is 1. The molecular weight excluding hydrogens is 459 g/mol. The molecule has 186 valence electrons. The van der Waals surface area contributed by atoms with Crippen LogP contribution in [-0.4, -0.2) is 56.4 Å². The third kappa shape index (κ3) is 4.71. The molecule has 2 aliphatic heterocycles. The lowest BCUT2D eigenvalue weighted by Crippen LogP contribution is -2.42. The number of benzene rings is 1. The van der Waals surface area contributed by atoms with E-state index >= 15 is 0 Å². The van der Waals surface area contributed by atoms with Gasteiger partial charge < -0.3 is 14.2 Å². The number of aryl methyl sites for hydroxylation is 2. The zero-order valence-electron chi connectivity index (χ0n) is 19.8.